The molecule has 2 N–H and O–H groups in total. The highest BCUT2D eigenvalue weighted by molar-refractivity contribution is 5.69. The van der Waals surface area contributed by atoms with Crippen molar-refractivity contribution in [3.05, 3.63) is 0 Å². The highest BCUT2D eigenvalue weighted by Gasteiger charge is 2.35. The van der Waals surface area contributed by atoms with Crippen LogP contribution in [-0.4, -0.2) is 42.6 Å². The lowest BCUT2D eigenvalue weighted by Crippen LogP contribution is -2.53. The summed E-state index contributed by atoms with van der Waals surface area (Å²) < 4.78 is 5.04. The Morgan fingerprint density at radius 1 is 1.33 bits per heavy atom. The predicted octanol–water partition coefficient (Wildman–Crippen LogP) is 2.56. The van der Waals surface area contributed by atoms with Gasteiger partial charge in [-0.1, -0.05) is 13.3 Å². The molecule has 1 saturated carbocycles. The van der Waals surface area contributed by atoms with Gasteiger partial charge in [-0.25, -0.2) is 0 Å². The molecule has 1 aliphatic carbocycles. The minimum atomic E-state index is -0.0609. The quantitative estimate of drug-likeness (QED) is 0.734. The van der Waals surface area contributed by atoms with Gasteiger partial charge in [-0.05, 0) is 50.9 Å². The summed E-state index contributed by atoms with van der Waals surface area (Å²) in [5, 5.41) is 0. The number of carbonyl (C=O) groups excluding carboxylic acids is 1. The van der Waals surface area contributed by atoms with E-state index < -0.39 is 0 Å². The molecule has 1 heterocycles. The Hall–Kier alpha value is -0.610. The van der Waals surface area contributed by atoms with Crippen LogP contribution in [0.3, 0.4) is 0 Å². The fraction of sp³-hybridized carbons (Fsp3) is 0.941. The summed E-state index contributed by atoms with van der Waals surface area (Å²) in [7, 11) is 0. The highest BCUT2D eigenvalue weighted by Crippen LogP contribution is 2.35. The number of ether oxygens (including phenoxy) is 1. The molecule has 0 amide bonds. The molecule has 1 aliphatic heterocycles. The molecule has 3 atom stereocenters. The zero-order chi connectivity index (χ0) is 15.2. The molecule has 2 rings (SSSR count). The number of likely N-dealkylation sites (tertiary alicyclic amines) is 1. The fourth-order valence-electron chi connectivity index (χ4n) is 4.03. The Morgan fingerprint density at radius 2 is 2.10 bits per heavy atom. The lowest BCUT2D eigenvalue weighted by Gasteiger charge is -2.46. The van der Waals surface area contributed by atoms with Gasteiger partial charge < -0.3 is 10.5 Å². The minimum absolute atomic E-state index is 0.0609. The van der Waals surface area contributed by atoms with Crippen molar-refractivity contribution < 1.29 is 9.53 Å². The molecule has 2 fully saturated rings. The van der Waals surface area contributed by atoms with Gasteiger partial charge >= 0.3 is 5.97 Å². The van der Waals surface area contributed by atoms with Crippen LogP contribution in [0.2, 0.25) is 0 Å². The number of hydrogen-bond donors (Lipinski definition) is 1. The Morgan fingerprint density at radius 3 is 2.67 bits per heavy atom. The second-order valence-corrected chi connectivity index (χ2v) is 6.83. The lowest BCUT2D eigenvalue weighted by molar-refractivity contribution is -0.143. The third kappa shape index (κ3) is 4.68. The molecule has 1 saturated heterocycles. The average molecular weight is 296 g/mol. The van der Waals surface area contributed by atoms with Gasteiger partial charge in [0, 0.05) is 31.6 Å². The number of nitrogens with two attached hydrogens (primary N) is 1. The van der Waals surface area contributed by atoms with E-state index in [1.807, 2.05) is 6.92 Å². The molecule has 0 bridgehead atoms. The molecular formula is C17H32N2O2. The van der Waals surface area contributed by atoms with Gasteiger partial charge in [-0.15, -0.1) is 0 Å². The average Bonchev–Trinajstić information content (AvgIpc) is 2.40. The van der Waals surface area contributed by atoms with Crippen molar-refractivity contribution in [3.8, 4) is 0 Å². The zero-order valence-electron chi connectivity index (χ0n) is 13.7. The number of nitrogens with zero attached hydrogens (tertiary/aromatic N) is 1. The van der Waals surface area contributed by atoms with Gasteiger partial charge in [0.25, 0.3) is 0 Å². The largest absolute Gasteiger partial charge is 0.466 e. The van der Waals surface area contributed by atoms with Crippen LogP contribution >= 0.6 is 0 Å². The van der Waals surface area contributed by atoms with E-state index in [4.69, 9.17) is 10.5 Å². The summed E-state index contributed by atoms with van der Waals surface area (Å²) in [6.07, 6.45) is 7.91. The topological polar surface area (TPSA) is 55.6 Å². The SMILES string of the molecule is CCOC(=O)CCC1CC(N)CN(C(CC)C2CCC2)C1. The molecule has 3 unspecified atom stereocenters. The van der Waals surface area contributed by atoms with E-state index in [-0.39, 0.29) is 12.0 Å². The van der Waals surface area contributed by atoms with E-state index in [1.54, 1.807) is 0 Å². The minimum Gasteiger partial charge on any atom is -0.466 e. The van der Waals surface area contributed by atoms with Crippen LogP contribution < -0.4 is 5.73 Å². The summed E-state index contributed by atoms with van der Waals surface area (Å²) in [5.41, 5.74) is 6.27. The molecule has 0 aromatic carbocycles. The number of rotatable bonds is 7. The number of carbonyl (C=O) groups is 1. The summed E-state index contributed by atoms with van der Waals surface area (Å²) in [6, 6.07) is 0.968. The van der Waals surface area contributed by atoms with Crippen molar-refractivity contribution >= 4 is 5.97 Å². The van der Waals surface area contributed by atoms with Crippen molar-refractivity contribution in [2.24, 2.45) is 17.6 Å². The van der Waals surface area contributed by atoms with E-state index in [0.29, 0.717) is 25.0 Å². The van der Waals surface area contributed by atoms with Crippen molar-refractivity contribution in [1.82, 2.24) is 4.90 Å². The predicted molar refractivity (Wildman–Crippen MR) is 84.9 cm³/mol. The summed E-state index contributed by atoms with van der Waals surface area (Å²) in [4.78, 5) is 14.2. The Balaban J connectivity index is 1.84. The Bertz CT molecular complexity index is 331. The first kappa shape index (κ1) is 16.8. The van der Waals surface area contributed by atoms with Crippen LogP contribution in [0, 0.1) is 11.8 Å². The second kappa shape index (κ2) is 8.14. The second-order valence-electron chi connectivity index (χ2n) is 6.83. The van der Waals surface area contributed by atoms with Crippen molar-refractivity contribution in [3.63, 3.8) is 0 Å². The highest BCUT2D eigenvalue weighted by atomic mass is 16.5. The molecule has 0 aromatic heterocycles. The first-order valence-electron chi connectivity index (χ1n) is 8.79. The van der Waals surface area contributed by atoms with Crippen LogP contribution in [0.15, 0.2) is 0 Å². The third-order valence-electron chi connectivity index (χ3n) is 5.24. The molecule has 122 valence electrons. The van der Waals surface area contributed by atoms with Crippen LogP contribution in [-0.2, 0) is 9.53 Å². The van der Waals surface area contributed by atoms with Gasteiger partial charge in [-0.3, -0.25) is 9.69 Å². The Labute approximate surface area is 129 Å². The maximum Gasteiger partial charge on any atom is 0.305 e. The van der Waals surface area contributed by atoms with Gasteiger partial charge in [-0.2, -0.15) is 0 Å². The fourth-order valence-corrected chi connectivity index (χ4v) is 4.03. The zero-order valence-corrected chi connectivity index (χ0v) is 13.7. The monoisotopic (exact) mass is 296 g/mol. The molecule has 0 aromatic rings. The van der Waals surface area contributed by atoms with E-state index in [2.05, 4.69) is 11.8 Å². The van der Waals surface area contributed by atoms with Crippen LogP contribution in [0.1, 0.15) is 58.8 Å². The van der Waals surface area contributed by atoms with E-state index >= 15 is 0 Å². The molecule has 0 spiro atoms. The van der Waals surface area contributed by atoms with E-state index in [0.717, 1.165) is 31.8 Å². The standard InChI is InChI=1S/C17H32N2O2/c1-3-16(14-6-5-7-14)19-11-13(10-15(18)12-19)8-9-17(20)21-4-2/h13-16H,3-12,18H2,1-2H3. The molecular weight excluding hydrogens is 264 g/mol. The maximum atomic E-state index is 11.5. The van der Waals surface area contributed by atoms with Gasteiger partial charge in [0.1, 0.15) is 0 Å². The van der Waals surface area contributed by atoms with Gasteiger partial charge in [0.15, 0.2) is 0 Å². The Kier molecular flexibility index (Phi) is 6.49. The molecule has 2 aliphatic rings. The summed E-state index contributed by atoms with van der Waals surface area (Å²) >= 11 is 0. The first-order valence-corrected chi connectivity index (χ1v) is 8.79. The van der Waals surface area contributed by atoms with Crippen molar-refractivity contribution in [1.29, 1.82) is 0 Å². The van der Waals surface area contributed by atoms with Crippen molar-refractivity contribution in [2.75, 3.05) is 19.7 Å². The lowest BCUT2D eigenvalue weighted by atomic mass is 9.77. The summed E-state index contributed by atoms with van der Waals surface area (Å²) in [5.74, 6) is 1.37. The first-order chi connectivity index (χ1) is 10.1. The van der Waals surface area contributed by atoms with E-state index in [1.165, 1.54) is 25.7 Å². The van der Waals surface area contributed by atoms with Gasteiger partial charge in [0.05, 0.1) is 6.61 Å². The maximum absolute atomic E-state index is 11.5. The number of hydrogen-bond acceptors (Lipinski definition) is 4. The number of piperidine rings is 1. The normalized spacial score (nSPS) is 28.9. The summed E-state index contributed by atoms with van der Waals surface area (Å²) in [6.45, 7) is 6.79. The van der Waals surface area contributed by atoms with Crippen molar-refractivity contribution in [2.45, 2.75) is 70.9 Å². The molecule has 21 heavy (non-hydrogen) atoms. The van der Waals surface area contributed by atoms with Crippen LogP contribution in [0.4, 0.5) is 0 Å². The van der Waals surface area contributed by atoms with Gasteiger partial charge in [0.2, 0.25) is 0 Å². The molecule has 4 heteroatoms. The third-order valence-corrected chi connectivity index (χ3v) is 5.24. The smallest absolute Gasteiger partial charge is 0.305 e. The molecule has 0 radical (unpaired) electrons. The molecule has 4 nitrogen and oxygen atoms in total. The van der Waals surface area contributed by atoms with Crippen LogP contribution in [0.25, 0.3) is 0 Å². The van der Waals surface area contributed by atoms with Crippen LogP contribution in [0.5, 0.6) is 0 Å². The van der Waals surface area contributed by atoms with E-state index in [9.17, 15) is 4.79 Å². The number of esters is 1.